The van der Waals surface area contributed by atoms with E-state index >= 15 is 0 Å². The molecule has 0 saturated carbocycles. The lowest BCUT2D eigenvalue weighted by Crippen LogP contribution is -2.34. The molecule has 1 rings (SSSR count). The molecular weight excluding hydrogens is 242 g/mol. The molecule has 0 aromatic heterocycles. The zero-order valence-corrected chi connectivity index (χ0v) is 12.2. The van der Waals surface area contributed by atoms with Crippen molar-refractivity contribution in [3.8, 4) is 5.75 Å². The molecule has 1 atom stereocenters. The van der Waals surface area contributed by atoms with E-state index in [1.165, 1.54) is 0 Å². The molecule has 106 valence electrons. The predicted octanol–water partition coefficient (Wildman–Crippen LogP) is 2.14. The molecule has 1 aromatic rings. The third-order valence-electron chi connectivity index (χ3n) is 2.99. The predicted molar refractivity (Wildman–Crippen MR) is 75.4 cm³/mol. The van der Waals surface area contributed by atoms with Crippen LogP contribution in [-0.4, -0.2) is 25.2 Å². The van der Waals surface area contributed by atoms with E-state index in [1.807, 2.05) is 32.9 Å². The minimum Gasteiger partial charge on any atom is -0.494 e. The number of nitrogens with two attached hydrogens (primary N) is 1. The maximum absolute atomic E-state index is 11.6. The normalized spacial score (nSPS) is 12.1. The molecule has 1 unspecified atom stereocenters. The average molecular weight is 265 g/mol. The highest BCUT2D eigenvalue weighted by Crippen LogP contribution is 2.23. The van der Waals surface area contributed by atoms with Gasteiger partial charge in [-0.25, -0.2) is 0 Å². The van der Waals surface area contributed by atoms with Gasteiger partial charge in [0.05, 0.1) is 13.2 Å². The summed E-state index contributed by atoms with van der Waals surface area (Å²) in [5, 5.41) is 0. The molecule has 2 N–H and O–H groups in total. The quantitative estimate of drug-likeness (QED) is 0.800. The molecule has 0 amide bonds. The first-order valence-corrected chi connectivity index (χ1v) is 6.64. The lowest BCUT2D eigenvalue weighted by Gasteiger charge is -2.16. The van der Waals surface area contributed by atoms with E-state index in [9.17, 15) is 4.79 Å². The fraction of sp³-hybridized carbons (Fsp3) is 0.533. The van der Waals surface area contributed by atoms with Crippen LogP contribution in [0.2, 0.25) is 0 Å². The summed E-state index contributed by atoms with van der Waals surface area (Å²) in [5.41, 5.74) is 9.12. The largest absolute Gasteiger partial charge is 0.494 e. The van der Waals surface area contributed by atoms with Crippen molar-refractivity contribution in [2.24, 2.45) is 5.73 Å². The molecule has 0 saturated heterocycles. The van der Waals surface area contributed by atoms with Crippen LogP contribution in [0.15, 0.2) is 12.1 Å². The number of carbonyl (C=O) groups is 1. The van der Waals surface area contributed by atoms with Crippen LogP contribution in [0.5, 0.6) is 5.75 Å². The standard InChI is InChI=1S/C15H23NO3/c1-5-18-12-7-10(3)13(11(4)8-12)9-14(16)15(17)19-6-2/h7-8,14H,5-6,9,16H2,1-4H3. The van der Waals surface area contributed by atoms with Crippen LogP contribution in [-0.2, 0) is 16.0 Å². The Kier molecular flexibility index (Phi) is 5.83. The van der Waals surface area contributed by atoms with Gasteiger partial charge < -0.3 is 15.2 Å². The summed E-state index contributed by atoms with van der Waals surface area (Å²) in [4.78, 5) is 11.6. The zero-order valence-electron chi connectivity index (χ0n) is 12.2. The minimum atomic E-state index is -0.615. The van der Waals surface area contributed by atoms with Crippen molar-refractivity contribution in [2.45, 2.75) is 40.2 Å². The van der Waals surface area contributed by atoms with Gasteiger partial charge in [-0.2, -0.15) is 0 Å². The van der Waals surface area contributed by atoms with E-state index < -0.39 is 6.04 Å². The van der Waals surface area contributed by atoms with Crippen molar-refractivity contribution in [3.05, 3.63) is 28.8 Å². The summed E-state index contributed by atoms with van der Waals surface area (Å²) >= 11 is 0. The monoisotopic (exact) mass is 265 g/mol. The fourth-order valence-corrected chi connectivity index (χ4v) is 2.08. The van der Waals surface area contributed by atoms with E-state index in [1.54, 1.807) is 6.92 Å². The van der Waals surface area contributed by atoms with Gasteiger partial charge in [-0.05, 0) is 62.9 Å². The van der Waals surface area contributed by atoms with Crippen LogP contribution in [0.4, 0.5) is 0 Å². The topological polar surface area (TPSA) is 61.5 Å². The lowest BCUT2D eigenvalue weighted by molar-refractivity contribution is -0.144. The first-order chi connectivity index (χ1) is 8.99. The Balaban J connectivity index is 2.86. The van der Waals surface area contributed by atoms with Gasteiger partial charge >= 0.3 is 5.97 Å². The van der Waals surface area contributed by atoms with Crippen molar-refractivity contribution >= 4 is 5.97 Å². The van der Waals surface area contributed by atoms with E-state index in [4.69, 9.17) is 15.2 Å². The summed E-state index contributed by atoms with van der Waals surface area (Å²) in [6.45, 7) is 8.73. The van der Waals surface area contributed by atoms with Crippen molar-refractivity contribution in [3.63, 3.8) is 0 Å². The third-order valence-corrected chi connectivity index (χ3v) is 2.99. The molecule has 4 heteroatoms. The van der Waals surface area contributed by atoms with Gasteiger partial charge in [0.25, 0.3) is 0 Å². The summed E-state index contributed by atoms with van der Waals surface area (Å²) in [7, 11) is 0. The molecule has 0 fully saturated rings. The number of carbonyl (C=O) groups excluding carboxylic acids is 1. The molecular formula is C15H23NO3. The van der Waals surface area contributed by atoms with Gasteiger partial charge in [-0.3, -0.25) is 4.79 Å². The van der Waals surface area contributed by atoms with E-state index in [-0.39, 0.29) is 5.97 Å². The maximum atomic E-state index is 11.6. The van der Waals surface area contributed by atoms with Crippen LogP contribution >= 0.6 is 0 Å². The molecule has 0 aliphatic rings. The van der Waals surface area contributed by atoms with Gasteiger partial charge in [-0.15, -0.1) is 0 Å². The summed E-state index contributed by atoms with van der Waals surface area (Å²) < 4.78 is 10.4. The number of ether oxygens (including phenoxy) is 2. The highest BCUT2D eigenvalue weighted by atomic mass is 16.5. The fourth-order valence-electron chi connectivity index (χ4n) is 2.08. The number of esters is 1. The molecule has 19 heavy (non-hydrogen) atoms. The molecule has 0 aliphatic heterocycles. The highest BCUT2D eigenvalue weighted by molar-refractivity contribution is 5.76. The molecule has 0 bridgehead atoms. The summed E-state index contributed by atoms with van der Waals surface area (Å²) in [5.74, 6) is 0.501. The Morgan fingerprint density at radius 1 is 1.21 bits per heavy atom. The van der Waals surface area contributed by atoms with Crippen LogP contribution in [0.1, 0.15) is 30.5 Å². The van der Waals surface area contributed by atoms with Crippen LogP contribution in [0.25, 0.3) is 0 Å². The Morgan fingerprint density at radius 3 is 2.26 bits per heavy atom. The second-order valence-corrected chi connectivity index (χ2v) is 4.53. The molecule has 0 spiro atoms. The van der Waals surface area contributed by atoms with Gasteiger partial charge in [0.2, 0.25) is 0 Å². The van der Waals surface area contributed by atoms with Gasteiger partial charge in [0.1, 0.15) is 11.8 Å². The maximum Gasteiger partial charge on any atom is 0.323 e. The van der Waals surface area contributed by atoms with Gasteiger partial charge in [-0.1, -0.05) is 0 Å². The number of benzene rings is 1. The van der Waals surface area contributed by atoms with E-state index in [0.717, 1.165) is 22.4 Å². The van der Waals surface area contributed by atoms with Crippen molar-refractivity contribution in [2.75, 3.05) is 13.2 Å². The Morgan fingerprint density at radius 2 is 1.79 bits per heavy atom. The molecule has 0 aliphatic carbocycles. The first-order valence-electron chi connectivity index (χ1n) is 6.64. The summed E-state index contributed by atoms with van der Waals surface area (Å²) in [6, 6.07) is 3.34. The van der Waals surface area contributed by atoms with Crippen molar-refractivity contribution in [1.82, 2.24) is 0 Å². The van der Waals surface area contributed by atoms with E-state index in [0.29, 0.717) is 19.6 Å². The Hall–Kier alpha value is -1.55. The second-order valence-electron chi connectivity index (χ2n) is 4.53. The van der Waals surface area contributed by atoms with Crippen LogP contribution in [0, 0.1) is 13.8 Å². The number of hydrogen-bond acceptors (Lipinski definition) is 4. The molecule has 4 nitrogen and oxygen atoms in total. The third kappa shape index (κ3) is 4.24. The Labute approximate surface area is 114 Å². The van der Waals surface area contributed by atoms with E-state index in [2.05, 4.69) is 0 Å². The van der Waals surface area contributed by atoms with Crippen LogP contribution in [0.3, 0.4) is 0 Å². The Bertz CT molecular complexity index is 420. The van der Waals surface area contributed by atoms with Crippen molar-refractivity contribution in [1.29, 1.82) is 0 Å². The SMILES string of the molecule is CCOC(=O)C(N)Cc1c(C)cc(OCC)cc1C. The molecule has 0 heterocycles. The smallest absolute Gasteiger partial charge is 0.323 e. The molecule has 0 radical (unpaired) electrons. The number of hydrogen-bond donors (Lipinski definition) is 1. The number of rotatable bonds is 6. The molecule has 1 aromatic carbocycles. The summed E-state index contributed by atoms with van der Waals surface area (Å²) in [6.07, 6.45) is 0.489. The lowest BCUT2D eigenvalue weighted by atomic mass is 9.96. The minimum absolute atomic E-state index is 0.352. The average Bonchev–Trinajstić information content (AvgIpc) is 2.34. The number of aryl methyl sites for hydroxylation is 2. The van der Waals surface area contributed by atoms with Gasteiger partial charge in [0, 0.05) is 0 Å². The zero-order chi connectivity index (χ0) is 14.4. The highest BCUT2D eigenvalue weighted by Gasteiger charge is 2.17. The first kappa shape index (κ1) is 15.5. The van der Waals surface area contributed by atoms with Gasteiger partial charge in [0.15, 0.2) is 0 Å². The van der Waals surface area contributed by atoms with Crippen molar-refractivity contribution < 1.29 is 14.3 Å². The van der Waals surface area contributed by atoms with Crippen LogP contribution < -0.4 is 10.5 Å². The second kappa shape index (κ2) is 7.14.